The number of ether oxygens (including phenoxy) is 1. The molecule has 0 unspecified atom stereocenters. The average Bonchev–Trinajstić information content (AvgIpc) is 3.45. The van der Waals surface area contributed by atoms with Gasteiger partial charge in [-0.3, -0.25) is 10.1 Å². The summed E-state index contributed by atoms with van der Waals surface area (Å²) in [5.41, 5.74) is 2.90. The van der Waals surface area contributed by atoms with E-state index in [1.807, 2.05) is 42.6 Å². The van der Waals surface area contributed by atoms with E-state index in [0.29, 0.717) is 22.2 Å². The molecule has 168 valence electrons. The van der Waals surface area contributed by atoms with Crippen LogP contribution in [0.25, 0.3) is 0 Å². The van der Waals surface area contributed by atoms with Crippen molar-refractivity contribution in [3.05, 3.63) is 57.5 Å². The third-order valence-electron chi connectivity index (χ3n) is 5.09. The zero-order valence-electron chi connectivity index (χ0n) is 17.8. The van der Waals surface area contributed by atoms with Crippen LogP contribution >= 0.6 is 22.9 Å². The molecule has 0 atom stereocenters. The maximum Gasteiger partial charge on any atom is 0.252 e. The lowest BCUT2D eigenvalue weighted by Gasteiger charge is -2.21. The van der Waals surface area contributed by atoms with E-state index in [0.717, 1.165) is 23.3 Å². The molecule has 0 bridgehead atoms. The first-order valence-corrected chi connectivity index (χ1v) is 12.2. The first-order chi connectivity index (χ1) is 15.7. The van der Waals surface area contributed by atoms with Crippen LogP contribution in [0.5, 0.6) is 0 Å². The molecule has 1 saturated carbocycles. The van der Waals surface area contributed by atoms with Gasteiger partial charge >= 0.3 is 0 Å². The second-order valence-electron chi connectivity index (χ2n) is 7.52. The summed E-state index contributed by atoms with van der Waals surface area (Å²) in [5.74, 6) is -0.187. The van der Waals surface area contributed by atoms with E-state index in [9.17, 15) is 4.79 Å². The summed E-state index contributed by atoms with van der Waals surface area (Å²) in [6.07, 6.45) is 5.88. The van der Waals surface area contributed by atoms with Crippen molar-refractivity contribution in [2.45, 2.75) is 51.7 Å². The average molecular weight is 472 g/mol. The lowest BCUT2D eigenvalue weighted by Crippen LogP contribution is -2.24. The molecule has 1 N–H and O–H groups in total. The van der Waals surface area contributed by atoms with E-state index in [1.165, 1.54) is 42.1 Å². The van der Waals surface area contributed by atoms with Crippen LogP contribution in [0.1, 0.15) is 53.9 Å². The molecule has 2 heterocycles. The van der Waals surface area contributed by atoms with E-state index >= 15 is 0 Å². The normalized spacial score (nSPS) is 15.0. The number of oxime groups is 1. The lowest BCUT2D eigenvalue weighted by molar-refractivity contribution is -0.123. The highest BCUT2D eigenvalue weighted by Crippen LogP contribution is 2.21. The molecule has 3 aromatic rings. The van der Waals surface area contributed by atoms with Gasteiger partial charge < -0.3 is 9.57 Å². The zero-order valence-corrected chi connectivity index (χ0v) is 19.5. The number of nitrogens with zero attached hydrogens (tertiary/aromatic N) is 4. The number of anilines is 1. The van der Waals surface area contributed by atoms with Crippen LogP contribution in [0.15, 0.2) is 40.9 Å². The fourth-order valence-electron chi connectivity index (χ4n) is 3.45. The van der Waals surface area contributed by atoms with Gasteiger partial charge in [-0.25, -0.2) is 4.98 Å². The summed E-state index contributed by atoms with van der Waals surface area (Å²) in [6, 6.07) is 9.72. The van der Waals surface area contributed by atoms with Gasteiger partial charge in [0.2, 0.25) is 0 Å². The first-order valence-electron chi connectivity index (χ1n) is 10.6. The molecule has 0 saturated heterocycles. The number of hydrogen-bond acceptors (Lipinski definition) is 9. The predicted molar refractivity (Wildman–Crippen MR) is 125 cm³/mol. The van der Waals surface area contributed by atoms with Crippen molar-refractivity contribution in [3.63, 3.8) is 0 Å². The molecule has 1 aliphatic rings. The molecule has 1 amide bonds. The largest absolute Gasteiger partial charge is 0.389 e. The summed E-state index contributed by atoms with van der Waals surface area (Å²) in [7, 11) is 0. The maximum absolute atomic E-state index is 12.2. The minimum absolute atomic E-state index is 0.0574. The standard InChI is InChI=1S/C22H25N5O3S2/c1-15-20(25-27-32-15)21(16-8-4-2-5-9-16)26-30-12-17-14-31-22(23-17)24-19(28)13-29-18-10-6-3-7-11-18/h2,4-5,8-9,14,18H,3,6-7,10-13H2,1H3,(H,23,24,28)/b26-21-. The third kappa shape index (κ3) is 6.18. The van der Waals surface area contributed by atoms with Crippen LogP contribution in [0.4, 0.5) is 5.13 Å². The lowest BCUT2D eigenvalue weighted by atomic mass is 9.98. The van der Waals surface area contributed by atoms with Crippen LogP contribution in [0, 0.1) is 6.92 Å². The number of nitrogens with one attached hydrogen (secondary N) is 1. The fourth-order valence-corrected chi connectivity index (χ4v) is 4.63. The quantitative estimate of drug-likeness (QED) is 0.363. The molecule has 10 heteroatoms. The number of aryl methyl sites for hydroxylation is 1. The molecule has 2 aromatic heterocycles. The second-order valence-corrected chi connectivity index (χ2v) is 9.34. The van der Waals surface area contributed by atoms with Gasteiger partial charge in [0.05, 0.1) is 16.7 Å². The molecule has 1 fully saturated rings. The molecular formula is C22H25N5O3S2. The summed E-state index contributed by atoms with van der Waals surface area (Å²) in [4.78, 5) is 23.1. The Bertz CT molecular complexity index is 1040. The van der Waals surface area contributed by atoms with E-state index in [2.05, 4.69) is 25.0 Å². The summed E-state index contributed by atoms with van der Waals surface area (Å²) >= 11 is 2.67. The van der Waals surface area contributed by atoms with Crippen molar-refractivity contribution < 1.29 is 14.4 Å². The van der Waals surface area contributed by atoms with Crippen LogP contribution in [-0.4, -0.2) is 38.9 Å². The van der Waals surface area contributed by atoms with Crippen molar-refractivity contribution in [3.8, 4) is 0 Å². The predicted octanol–water partition coefficient (Wildman–Crippen LogP) is 4.56. The fraction of sp³-hybridized carbons (Fsp3) is 0.409. The molecule has 0 spiro atoms. The number of benzene rings is 1. The van der Waals surface area contributed by atoms with Crippen molar-refractivity contribution in [2.24, 2.45) is 5.16 Å². The summed E-state index contributed by atoms with van der Waals surface area (Å²) in [6.45, 7) is 2.19. The highest BCUT2D eigenvalue weighted by Gasteiger charge is 2.17. The van der Waals surface area contributed by atoms with Crippen molar-refractivity contribution >= 4 is 39.6 Å². The Morgan fingerprint density at radius 3 is 2.78 bits per heavy atom. The molecule has 1 aromatic carbocycles. The Balaban J connectivity index is 1.32. The number of aromatic nitrogens is 3. The minimum atomic E-state index is -0.187. The van der Waals surface area contributed by atoms with Gasteiger partial charge in [-0.05, 0) is 31.3 Å². The third-order valence-corrected chi connectivity index (χ3v) is 6.53. The summed E-state index contributed by atoms with van der Waals surface area (Å²) in [5, 5.41) is 13.7. The van der Waals surface area contributed by atoms with Crippen molar-refractivity contribution in [1.82, 2.24) is 14.6 Å². The molecular weight excluding hydrogens is 446 g/mol. The SMILES string of the molecule is Cc1snnc1/C(=N\OCc1csc(NC(=O)COC2CCCCC2)n1)c1ccccc1. The minimum Gasteiger partial charge on any atom is -0.389 e. The van der Waals surface area contributed by atoms with Gasteiger partial charge in [0.25, 0.3) is 5.91 Å². The number of thiazole rings is 1. The monoisotopic (exact) mass is 471 g/mol. The Labute approximate surface area is 194 Å². The van der Waals surface area contributed by atoms with E-state index < -0.39 is 0 Å². The Morgan fingerprint density at radius 1 is 1.22 bits per heavy atom. The van der Waals surface area contributed by atoms with Crippen LogP contribution < -0.4 is 5.32 Å². The molecule has 32 heavy (non-hydrogen) atoms. The van der Waals surface area contributed by atoms with Crippen LogP contribution in [0.3, 0.4) is 0 Å². The highest BCUT2D eigenvalue weighted by atomic mass is 32.1. The highest BCUT2D eigenvalue weighted by molar-refractivity contribution is 7.13. The van der Waals surface area contributed by atoms with Crippen LogP contribution in [0.2, 0.25) is 0 Å². The Kier molecular flexibility index (Phi) is 7.92. The van der Waals surface area contributed by atoms with Gasteiger partial charge in [0, 0.05) is 10.9 Å². The van der Waals surface area contributed by atoms with Crippen LogP contribution in [-0.2, 0) is 21.0 Å². The second kappa shape index (κ2) is 11.3. The molecule has 0 radical (unpaired) electrons. The number of hydrogen-bond donors (Lipinski definition) is 1. The van der Waals surface area contributed by atoms with Gasteiger partial charge in [0.15, 0.2) is 11.7 Å². The number of carbonyl (C=O) groups is 1. The van der Waals surface area contributed by atoms with Gasteiger partial charge in [-0.15, -0.1) is 16.4 Å². The summed E-state index contributed by atoms with van der Waals surface area (Å²) < 4.78 is 9.72. The number of amides is 1. The molecule has 8 nitrogen and oxygen atoms in total. The van der Waals surface area contributed by atoms with E-state index in [-0.39, 0.29) is 25.2 Å². The molecule has 0 aliphatic heterocycles. The first kappa shape index (κ1) is 22.5. The topological polar surface area (TPSA) is 98.6 Å². The Morgan fingerprint density at radius 2 is 2.03 bits per heavy atom. The maximum atomic E-state index is 12.2. The van der Waals surface area contributed by atoms with E-state index in [4.69, 9.17) is 9.57 Å². The smallest absolute Gasteiger partial charge is 0.252 e. The van der Waals surface area contributed by atoms with Crippen molar-refractivity contribution in [2.75, 3.05) is 11.9 Å². The van der Waals surface area contributed by atoms with E-state index in [1.54, 1.807) is 0 Å². The number of rotatable bonds is 9. The zero-order chi connectivity index (χ0) is 22.2. The van der Waals surface area contributed by atoms with Gasteiger partial charge in [0.1, 0.15) is 18.0 Å². The van der Waals surface area contributed by atoms with Gasteiger partial charge in [-0.1, -0.05) is 59.2 Å². The van der Waals surface area contributed by atoms with Gasteiger partial charge in [-0.2, -0.15) is 0 Å². The Hall–Kier alpha value is -2.69. The molecule has 1 aliphatic carbocycles. The van der Waals surface area contributed by atoms with Crippen molar-refractivity contribution in [1.29, 1.82) is 0 Å². The molecule has 4 rings (SSSR count). The number of carbonyl (C=O) groups excluding carboxylic acids is 1.